The largest absolute Gasteiger partial charge is 0.393 e. The van der Waals surface area contributed by atoms with Gasteiger partial charge >= 0.3 is 35.5 Å². The number of carbonyl (C=O) groups is 4. The average molecular weight is 759 g/mol. The van der Waals surface area contributed by atoms with Gasteiger partial charge in [0.1, 0.15) is 10.0 Å². The van der Waals surface area contributed by atoms with Gasteiger partial charge < -0.3 is 22.1 Å². The number of rotatable bonds is 9. The van der Waals surface area contributed by atoms with E-state index in [1.54, 1.807) is 0 Å². The van der Waals surface area contributed by atoms with Gasteiger partial charge in [-0.3, -0.25) is 19.2 Å². The number of thiophene rings is 2. The second-order valence-corrected chi connectivity index (χ2v) is 17.2. The number of halogens is 8. The van der Waals surface area contributed by atoms with Crippen molar-refractivity contribution in [2.75, 3.05) is 10.6 Å². The van der Waals surface area contributed by atoms with Crippen molar-refractivity contribution < 1.29 is 54.3 Å². The molecule has 2 aliphatic rings. The molecule has 0 spiro atoms. The molecule has 2 heterocycles. The van der Waals surface area contributed by atoms with Crippen molar-refractivity contribution in [2.45, 2.75) is 104 Å². The van der Waals surface area contributed by atoms with Gasteiger partial charge in [0.2, 0.25) is 0 Å². The zero-order valence-corrected chi connectivity index (χ0v) is 29.7. The molecule has 0 radical (unpaired) electrons. The van der Waals surface area contributed by atoms with Crippen LogP contribution < -0.4 is 22.1 Å². The Morgan fingerprint density at radius 3 is 1.16 bits per heavy atom. The smallest absolute Gasteiger partial charge is 0.365 e. The number of hydrogen-bond acceptors (Lipinski definition) is 6. The molecule has 2 aromatic heterocycles. The van der Waals surface area contributed by atoms with Crippen molar-refractivity contribution in [3.63, 3.8) is 0 Å². The summed E-state index contributed by atoms with van der Waals surface area (Å²) in [7, 11) is 0. The van der Waals surface area contributed by atoms with Crippen molar-refractivity contribution in [1.29, 1.82) is 0 Å². The highest BCUT2D eigenvalue weighted by molar-refractivity contribution is 7.17. The van der Waals surface area contributed by atoms with E-state index in [9.17, 15) is 36.7 Å². The van der Waals surface area contributed by atoms with Crippen LogP contribution in [-0.4, -0.2) is 47.3 Å². The Balaban J connectivity index is 1.61. The Morgan fingerprint density at radius 2 is 0.900 bits per heavy atom. The molecule has 278 valence electrons. The molecule has 8 nitrogen and oxygen atoms in total. The van der Waals surface area contributed by atoms with Crippen molar-refractivity contribution in [2.24, 2.45) is 34.1 Å². The maximum absolute atomic E-state index is 15.0. The highest BCUT2D eigenvalue weighted by Crippen LogP contribution is 2.54. The highest BCUT2D eigenvalue weighted by atomic mass is 32.1. The fourth-order valence-electron chi connectivity index (χ4n) is 6.39. The van der Waals surface area contributed by atoms with E-state index in [0.717, 1.165) is 0 Å². The molecule has 2 atom stereocenters. The van der Waals surface area contributed by atoms with Crippen LogP contribution in [-0.2, 0) is 35.3 Å². The molecule has 0 bridgehead atoms. The van der Waals surface area contributed by atoms with Crippen LogP contribution in [0.5, 0.6) is 0 Å². The fraction of sp³-hybridized carbons (Fsp3) is 0.625. The van der Waals surface area contributed by atoms with Gasteiger partial charge in [0, 0.05) is 9.75 Å². The quantitative estimate of drug-likeness (QED) is 0.197. The van der Waals surface area contributed by atoms with Crippen LogP contribution in [0.15, 0.2) is 0 Å². The van der Waals surface area contributed by atoms with Gasteiger partial charge in [-0.15, -0.1) is 22.7 Å². The first-order valence-electron chi connectivity index (χ1n) is 15.6. The SMILES string of the molecule is CC(C)(C)C1CCc2c(sc(NC(=O)C(F)(F)C(F)(F)C(F)(F)C(F)(F)C(=O)Nc3sc4c(c3C(N)=O)CCC(C(C)(C)C)C4)c2C(N)=O)C1. The predicted octanol–water partition coefficient (Wildman–Crippen LogP) is 7.43. The van der Waals surface area contributed by atoms with Crippen molar-refractivity contribution in [1.82, 2.24) is 0 Å². The molecule has 50 heavy (non-hydrogen) atoms. The van der Waals surface area contributed by atoms with E-state index in [1.807, 2.05) is 41.5 Å². The summed E-state index contributed by atoms with van der Waals surface area (Å²) in [5.74, 6) is -36.1. The molecule has 0 saturated heterocycles. The summed E-state index contributed by atoms with van der Waals surface area (Å²) in [6, 6.07) is 0. The standard InChI is InChI=1S/C32H38F8N4O4S2/c1-27(2,3)13-7-9-15-17(11-13)49-23(19(15)21(41)45)43-25(47)29(33,34)31(37,38)32(39,40)30(35,36)26(48)44-24-20(22(42)46)16-10-8-14(28(4,5)6)12-18(16)50-24/h13-14H,7-12H2,1-6H3,(H2,41,45)(H2,42,46)(H,43,47)(H,44,48). The molecule has 0 aromatic carbocycles. The number of amides is 4. The van der Waals surface area contributed by atoms with E-state index in [0.29, 0.717) is 58.1 Å². The van der Waals surface area contributed by atoms with Crippen molar-refractivity contribution >= 4 is 56.3 Å². The van der Waals surface area contributed by atoms with Crippen LogP contribution in [0.2, 0.25) is 0 Å². The first-order chi connectivity index (χ1) is 22.6. The van der Waals surface area contributed by atoms with Crippen LogP contribution in [0.4, 0.5) is 45.1 Å². The molecule has 2 aliphatic carbocycles. The monoisotopic (exact) mass is 758 g/mol. The Kier molecular flexibility index (Phi) is 10.1. The predicted molar refractivity (Wildman–Crippen MR) is 173 cm³/mol. The van der Waals surface area contributed by atoms with Crippen LogP contribution in [0.1, 0.15) is 96.0 Å². The fourth-order valence-corrected chi connectivity index (χ4v) is 9.05. The topological polar surface area (TPSA) is 144 Å². The van der Waals surface area contributed by atoms with Gasteiger partial charge in [-0.1, -0.05) is 41.5 Å². The molecule has 0 saturated carbocycles. The normalized spacial score (nSPS) is 19.0. The lowest BCUT2D eigenvalue weighted by Crippen LogP contribution is -2.67. The van der Waals surface area contributed by atoms with Crippen LogP contribution in [0.25, 0.3) is 0 Å². The first-order valence-corrected chi connectivity index (χ1v) is 17.2. The molecule has 4 amide bonds. The number of primary amides is 2. The van der Waals surface area contributed by atoms with Crippen LogP contribution >= 0.6 is 22.7 Å². The van der Waals surface area contributed by atoms with E-state index in [-0.39, 0.29) is 46.6 Å². The Hall–Kier alpha value is -3.28. The summed E-state index contributed by atoms with van der Waals surface area (Å²) in [4.78, 5) is 50.4. The summed E-state index contributed by atoms with van der Waals surface area (Å²) < 4.78 is 120. The molecule has 2 aromatic rings. The van der Waals surface area contributed by atoms with Crippen LogP contribution in [0, 0.1) is 22.7 Å². The van der Waals surface area contributed by atoms with Gasteiger partial charge in [-0.25, -0.2) is 0 Å². The van der Waals surface area contributed by atoms with E-state index < -0.39 is 68.4 Å². The minimum atomic E-state index is -7.17. The molecule has 0 aliphatic heterocycles. The van der Waals surface area contributed by atoms with Gasteiger partial charge in [0.15, 0.2) is 0 Å². The average Bonchev–Trinajstić information content (AvgIpc) is 3.52. The van der Waals surface area contributed by atoms with Gasteiger partial charge in [-0.05, 0) is 72.3 Å². The zero-order valence-electron chi connectivity index (χ0n) is 28.0. The molecule has 0 fully saturated rings. The molecule has 6 N–H and O–H groups in total. The molecular weight excluding hydrogens is 720 g/mol. The number of carbonyl (C=O) groups excluding carboxylic acids is 4. The molecule has 2 unspecified atom stereocenters. The summed E-state index contributed by atoms with van der Waals surface area (Å²) in [5.41, 5.74) is 9.82. The number of fused-ring (bicyclic) bond motifs is 2. The van der Waals surface area contributed by atoms with Crippen LogP contribution in [0.3, 0.4) is 0 Å². The number of nitrogens with two attached hydrogens (primary N) is 2. The van der Waals surface area contributed by atoms with E-state index in [2.05, 4.69) is 0 Å². The second-order valence-electron chi connectivity index (χ2n) is 15.0. The Bertz CT molecular complexity index is 1600. The first kappa shape index (κ1) is 39.5. The molecule has 18 heteroatoms. The van der Waals surface area contributed by atoms with Gasteiger partial charge in [0.25, 0.3) is 11.8 Å². The third-order valence-corrected chi connectivity index (χ3v) is 12.0. The summed E-state index contributed by atoms with van der Waals surface area (Å²) in [6.45, 7) is 11.6. The maximum Gasteiger partial charge on any atom is 0.393 e. The van der Waals surface area contributed by atoms with E-state index in [1.165, 1.54) is 10.6 Å². The number of hydrogen-bond donors (Lipinski definition) is 4. The van der Waals surface area contributed by atoms with Crippen molar-refractivity contribution in [3.8, 4) is 0 Å². The zero-order chi connectivity index (χ0) is 38.2. The van der Waals surface area contributed by atoms with Gasteiger partial charge in [-0.2, -0.15) is 35.1 Å². The minimum absolute atomic E-state index is 0.0230. The van der Waals surface area contributed by atoms with E-state index >= 15 is 17.6 Å². The molecule has 4 rings (SSSR count). The summed E-state index contributed by atoms with van der Waals surface area (Å²) in [5, 5.41) is 1.17. The lowest BCUT2D eigenvalue weighted by atomic mass is 9.72. The lowest BCUT2D eigenvalue weighted by molar-refractivity contribution is -0.345. The maximum atomic E-state index is 15.0. The summed E-state index contributed by atoms with van der Waals surface area (Å²) in [6.07, 6.45) is 2.04. The van der Waals surface area contributed by atoms with Gasteiger partial charge in [0.05, 0.1) is 11.1 Å². The second kappa shape index (κ2) is 12.7. The summed E-state index contributed by atoms with van der Waals surface area (Å²) >= 11 is 1.11. The lowest BCUT2D eigenvalue weighted by Gasteiger charge is -2.35. The number of nitrogens with one attached hydrogen (secondary N) is 2. The Morgan fingerprint density at radius 1 is 0.600 bits per heavy atom. The van der Waals surface area contributed by atoms with E-state index in [4.69, 9.17) is 11.5 Å². The Labute approximate surface area is 290 Å². The molecular formula is C32H38F8N4O4S2. The number of alkyl halides is 8. The minimum Gasteiger partial charge on any atom is -0.365 e. The third kappa shape index (κ3) is 6.61. The third-order valence-electron chi connectivity index (χ3n) is 9.68. The number of anilines is 2. The highest BCUT2D eigenvalue weighted by Gasteiger charge is 2.84. The van der Waals surface area contributed by atoms with Crippen molar-refractivity contribution in [3.05, 3.63) is 32.0 Å².